The van der Waals surface area contributed by atoms with Gasteiger partial charge in [-0.15, -0.1) is 0 Å². The van der Waals surface area contributed by atoms with E-state index in [9.17, 15) is 4.79 Å². The number of carbonyl (C=O) groups is 1. The molecule has 19 heavy (non-hydrogen) atoms. The molecule has 0 N–H and O–H groups in total. The lowest BCUT2D eigenvalue weighted by molar-refractivity contribution is -0.113. The first-order valence-corrected chi connectivity index (χ1v) is 6.16. The molecule has 2 aromatic rings. The second-order valence-electron chi connectivity index (χ2n) is 4.59. The van der Waals surface area contributed by atoms with Crippen LogP contribution in [-0.4, -0.2) is 22.5 Å². The predicted molar refractivity (Wildman–Crippen MR) is 70.0 cm³/mol. The van der Waals surface area contributed by atoms with E-state index < -0.39 is 6.10 Å². The van der Waals surface area contributed by atoms with Crippen molar-refractivity contribution in [3.63, 3.8) is 0 Å². The van der Waals surface area contributed by atoms with Crippen LogP contribution < -0.4 is 4.74 Å². The lowest BCUT2D eigenvalue weighted by Gasteiger charge is -2.08. The first-order chi connectivity index (χ1) is 9.10. The summed E-state index contributed by atoms with van der Waals surface area (Å²) in [6.07, 6.45) is 0.297. The number of rotatable bonds is 5. The smallest absolute Gasteiger partial charge is 0.229 e. The molecule has 5 heteroatoms. The Kier molecular flexibility index (Phi) is 3.94. The van der Waals surface area contributed by atoms with Crippen LogP contribution in [0.15, 0.2) is 28.8 Å². The normalized spacial score (nSPS) is 12.4. The Morgan fingerprint density at radius 1 is 1.21 bits per heavy atom. The van der Waals surface area contributed by atoms with Crippen molar-refractivity contribution in [3.05, 3.63) is 30.2 Å². The Morgan fingerprint density at radius 3 is 2.42 bits per heavy atom. The Hall–Kier alpha value is -2.17. The number of hydrogen-bond donors (Lipinski definition) is 0. The van der Waals surface area contributed by atoms with Crippen LogP contribution in [0.5, 0.6) is 5.75 Å². The van der Waals surface area contributed by atoms with Gasteiger partial charge in [0.2, 0.25) is 11.7 Å². The SMILES string of the molecule is CC(C=O)Oc1ccc(-c2noc(C(C)C)n2)cc1. The van der Waals surface area contributed by atoms with Crippen molar-refractivity contribution in [2.24, 2.45) is 0 Å². The molecule has 0 spiro atoms. The number of aldehydes is 1. The molecular formula is C14H16N2O3. The summed E-state index contributed by atoms with van der Waals surface area (Å²) in [5, 5.41) is 3.93. The van der Waals surface area contributed by atoms with Crippen molar-refractivity contribution in [2.45, 2.75) is 32.8 Å². The maximum absolute atomic E-state index is 10.5. The first-order valence-electron chi connectivity index (χ1n) is 6.16. The Labute approximate surface area is 111 Å². The zero-order valence-electron chi connectivity index (χ0n) is 11.2. The third-order valence-electron chi connectivity index (χ3n) is 2.56. The fourth-order valence-corrected chi connectivity index (χ4v) is 1.51. The molecule has 0 bridgehead atoms. The van der Waals surface area contributed by atoms with Gasteiger partial charge in [0.25, 0.3) is 0 Å². The predicted octanol–water partition coefficient (Wildman–Crippen LogP) is 2.83. The highest BCUT2D eigenvalue weighted by atomic mass is 16.5. The zero-order chi connectivity index (χ0) is 13.8. The maximum Gasteiger partial charge on any atom is 0.229 e. The van der Waals surface area contributed by atoms with Gasteiger partial charge in [0.15, 0.2) is 12.4 Å². The number of nitrogens with zero attached hydrogens (tertiary/aromatic N) is 2. The summed E-state index contributed by atoms with van der Waals surface area (Å²) in [6, 6.07) is 7.23. The third-order valence-corrected chi connectivity index (χ3v) is 2.56. The van der Waals surface area contributed by atoms with Crippen molar-refractivity contribution >= 4 is 6.29 Å². The van der Waals surface area contributed by atoms with Crippen LogP contribution in [0.25, 0.3) is 11.4 Å². The molecule has 1 heterocycles. The molecule has 0 aliphatic heterocycles. The van der Waals surface area contributed by atoms with Gasteiger partial charge in [0, 0.05) is 11.5 Å². The number of benzene rings is 1. The molecule has 1 unspecified atom stereocenters. The number of hydrogen-bond acceptors (Lipinski definition) is 5. The quantitative estimate of drug-likeness (QED) is 0.773. The highest BCUT2D eigenvalue weighted by molar-refractivity contribution is 5.57. The van der Waals surface area contributed by atoms with E-state index in [-0.39, 0.29) is 5.92 Å². The van der Waals surface area contributed by atoms with Crippen LogP contribution in [0.1, 0.15) is 32.6 Å². The van der Waals surface area contributed by atoms with E-state index in [0.29, 0.717) is 17.5 Å². The molecule has 0 aliphatic rings. The minimum atomic E-state index is -0.455. The van der Waals surface area contributed by atoms with Crippen molar-refractivity contribution in [1.82, 2.24) is 10.1 Å². The lowest BCUT2D eigenvalue weighted by Crippen LogP contribution is -2.12. The van der Waals surface area contributed by atoms with Crippen LogP contribution in [0.4, 0.5) is 0 Å². The molecular weight excluding hydrogens is 244 g/mol. The Bertz CT molecular complexity index is 546. The monoisotopic (exact) mass is 260 g/mol. The summed E-state index contributed by atoms with van der Waals surface area (Å²) in [6.45, 7) is 5.68. The van der Waals surface area contributed by atoms with E-state index in [1.807, 2.05) is 26.0 Å². The second kappa shape index (κ2) is 5.65. The highest BCUT2D eigenvalue weighted by Gasteiger charge is 2.11. The topological polar surface area (TPSA) is 65.2 Å². The van der Waals surface area contributed by atoms with Gasteiger partial charge in [0.05, 0.1) is 0 Å². The van der Waals surface area contributed by atoms with E-state index >= 15 is 0 Å². The van der Waals surface area contributed by atoms with Gasteiger partial charge >= 0.3 is 0 Å². The first kappa shape index (κ1) is 13.3. The third kappa shape index (κ3) is 3.19. The summed E-state index contributed by atoms with van der Waals surface area (Å²) in [4.78, 5) is 14.8. The molecule has 1 aromatic carbocycles. The fourth-order valence-electron chi connectivity index (χ4n) is 1.51. The lowest BCUT2D eigenvalue weighted by atomic mass is 10.2. The van der Waals surface area contributed by atoms with Gasteiger partial charge < -0.3 is 9.26 Å². The van der Waals surface area contributed by atoms with Crippen LogP contribution >= 0.6 is 0 Å². The minimum absolute atomic E-state index is 0.206. The standard InChI is InChI=1S/C14H16N2O3/c1-9(2)14-15-13(16-19-14)11-4-6-12(7-5-11)18-10(3)8-17/h4-10H,1-3H3. The van der Waals surface area contributed by atoms with Crippen LogP contribution in [-0.2, 0) is 4.79 Å². The van der Waals surface area contributed by atoms with Gasteiger partial charge in [0.1, 0.15) is 5.75 Å². The van der Waals surface area contributed by atoms with Gasteiger partial charge in [-0.2, -0.15) is 4.98 Å². The van der Waals surface area contributed by atoms with Crippen molar-refractivity contribution in [2.75, 3.05) is 0 Å². The largest absolute Gasteiger partial charge is 0.483 e. The minimum Gasteiger partial charge on any atom is -0.483 e. The summed E-state index contributed by atoms with van der Waals surface area (Å²) in [5.74, 6) is 2.01. The molecule has 2 rings (SSSR count). The summed E-state index contributed by atoms with van der Waals surface area (Å²) < 4.78 is 10.5. The van der Waals surface area contributed by atoms with E-state index in [2.05, 4.69) is 10.1 Å². The van der Waals surface area contributed by atoms with Gasteiger partial charge in [-0.05, 0) is 31.2 Å². The molecule has 0 amide bonds. The Morgan fingerprint density at radius 2 is 1.89 bits per heavy atom. The number of ether oxygens (including phenoxy) is 1. The molecule has 0 saturated carbocycles. The summed E-state index contributed by atoms with van der Waals surface area (Å²) in [5.41, 5.74) is 0.849. The average Bonchev–Trinajstić information content (AvgIpc) is 2.89. The van der Waals surface area contributed by atoms with Crippen LogP contribution in [0.2, 0.25) is 0 Å². The van der Waals surface area contributed by atoms with E-state index in [4.69, 9.17) is 9.26 Å². The molecule has 1 aromatic heterocycles. The second-order valence-corrected chi connectivity index (χ2v) is 4.59. The molecule has 5 nitrogen and oxygen atoms in total. The summed E-state index contributed by atoms with van der Waals surface area (Å²) in [7, 11) is 0. The van der Waals surface area contributed by atoms with Crippen LogP contribution in [0.3, 0.4) is 0 Å². The van der Waals surface area contributed by atoms with Crippen molar-refractivity contribution in [3.8, 4) is 17.1 Å². The summed E-state index contributed by atoms with van der Waals surface area (Å²) >= 11 is 0. The number of aromatic nitrogens is 2. The Balaban J connectivity index is 2.15. The molecule has 0 radical (unpaired) electrons. The highest BCUT2D eigenvalue weighted by Crippen LogP contribution is 2.22. The van der Waals surface area contributed by atoms with Crippen LogP contribution in [0, 0.1) is 0 Å². The van der Waals surface area contributed by atoms with Gasteiger partial charge in [-0.1, -0.05) is 19.0 Å². The molecule has 0 aliphatic carbocycles. The van der Waals surface area contributed by atoms with E-state index in [1.165, 1.54) is 0 Å². The van der Waals surface area contributed by atoms with Gasteiger partial charge in [-0.25, -0.2) is 0 Å². The van der Waals surface area contributed by atoms with Crippen molar-refractivity contribution in [1.29, 1.82) is 0 Å². The number of carbonyl (C=O) groups excluding carboxylic acids is 1. The van der Waals surface area contributed by atoms with E-state index in [0.717, 1.165) is 11.8 Å². The molecule has 1 atom stereocenters. The fraction of sp³-hybridized carbons (Fsp3) is 0.357. The van der Waals surface area contributed by atoms with Gasteiger partial charge in [-0.3, -0.25) is 4.79 Å². The maximum atomic E-state index is 10.5. The molecule has 0 fully saturated rings. The molecule has 0 saturated heterocycles. The van der Waals surface area contributed by atoms with Crippen molar-refractivity contribution < 1.29 is 14.1 Å². The average molecular weight is 260 g/mol. The zero-order valence-corrected chi connectivity index (χ0v) is 11.2. The molecule has 100 valence electrons. The van der Waals surface area contributed by atoms with E-state index in [1.54, 1.807) is 19.1 Å².